The Balaban J connectivity index is 2.90. The van der Waals surface area contributed by atoms with Crippen LogP contribution in [0.1, 0.15) is 31.2 Å². The van der Waals surface area contributed by atoms with E-state index in [1.165, 1.54) is 0 Å². The van der Waals surface area contributed by atoms with E-state index < -0.39 is 0 Å². The van der Waals surface area contributed by atoms with Gasteiger partial charge >= 0.3 is 0 Å². The first-order chi connectivity index (χ1) is 6.29. The third-order valence-electron chi connectivity index (χ3n) is 2.32. The fourth-order valence-corrected chi connectivity index (χ4v) is 1.55. The van der Waals surface area contributed by atoms with Gasteiger partial charge < -0.3 is 5.11 Å². The molecule has 1 unspecified atom stereocenters. The molecule has 0 radical (unpaired) electrons. The summed E-state index contributed by atoms with van der Waals surface area (Å²) in [5.74, 6) is 0.801. The minimum atomic E-state index is 0.399. The van der Waals surface area contributed by atoms with E-state index in [4.69, 9.17) is 0 Å². The fourth-order valence-electron chi connectivity index (χ4n) is 1.55. The Morgan fingerprint density at radius 1 is 1.46 bits per heavy atom. The predicted octanol–water partition coefficient (Wildman–Crippen LogP) is 3.46. The summed E-state index contributed by atoms with van der Waals surface area (Å²) < 4.78 is 0. The molecule has 0 spiro atoms. The minimum Gasteiger partial charge on any atom is -0.508 e. The Labute approximate surface area is 79.7 Å². The molecule has 70 valence electrons. The van der Waals surface area contributed by atoms with Crippen molar-refractivity contribution in [2.45, 2.75) is 25.7 Å². The number of allylic oxidation sites excluding steroid dienone is 1. The molecule has 1 atom stereocenters. The van der Waals surface area contributed by atoms with Crippen LogP contribution in [0, 0.1) is 0 Å². The zero-order valence-electron chi connectivity index (χ0n) is 8.03. The molecule has 0 amide bonds. The molecule has 0 fully saturated rings. The molecule has 1 heteroatoms. The van der Waals surface area contributed by atoms with Crippen LogP contribution in [0.25, 0.3) is 0 Å². The molecule has 0 saturated heterocycles. The van der Waals surface area contributed by atoms with Crippen molar-refractivity contribution in [1.29, 1.82) is 0 Å². The van der Waals surface area contributed by atoms with Crippen LogP contribution in [0.15, 0.2) is 36.9 Å². The molecule has 0 saturated carbocycles. The van der Waals surface area contributed by atoms with Crippen molar-refractivity contribution in [2.24, 2.45) is 0 Å². The van der Waals surface area contributed by atoms with Crippen molar-refractivity contribution in [3.63, 3.8) is 0 Å². The summed E-state index contributed by atoms with van der Waals surface area (Å²) in [6.45, 7) is 5.85. The molecule has 0 heterocycles. The molecule has 1 nitrogen and oxygen atoms in total. The first kappa shape index (κ1) is 9.85. The third kappa shape index (κ3) is 2.35. The monoisotopic (exact) mass is 176 g/mol. The van der Waals surface area contributed by atoms with Gasteiger partial charge in [0.15, 0.2) is 0 Å². The van der Waals surface area contributed by atoms with Gasteiger partial charge in [0.1, 0.15) is 5.75 Å². The van der Waals surface area contributed by atoms with Crippen LogP contribution in [-0.2, 0) is 0 Å². The second kappa shape index (κ2) is 4.70. The number of aromatic hydroxyl groups is 1. The number of benzene rings is 1. The number of rotatable bonds is 4. The second-order valence-corrected chi connectivity index (χ2v) is 3.19. The van der Waals surface area contributed by atoms with Gasteiger partial charge in [0.25, 0.3) is 0 Å². The summed E-state index contributed by atoms with van der Waals surface area (Å²) >= 11 is 0. The van der Waals surface area contributed by atoms with E-state index in [0.717, 1.165) is 18.4 Å². The zero-order chi connectivity index (χ0) is 9.68. The van der Waals surface area contributed by atoms with Crippen molar-refractivity contribution in [3.8, 4) is 5.75 Å². The average molecular weight is 176 g/mol. The first-order valence-corrected chi connectivity index (χ1v) is 4.68. The van der Waals surface area contributed by atoms with Crippen LogP contribution in [0.3, 0.4) is 0 Å². The van der Waals surface area contributed by atoms with Crippen molar-refractivity contribution in [1.82, 2.24) is 0 Å². The predicted molar refractivity (Wildman–Crippen MR) is 56.0 cm³/mol. The molecule has 13 heavy (non-hydrogen) atoms. The first-order valence-electron chi connectivity index (χ1n) is 4.68. The lowest BCUT2D eigenvalue weighted by atomic mass is 9.93. The average Bonchev–Trinajstić information content (AvgIpc) is 2.16. The van der Waals surface area contributed by atoms with Gasteiger partial charge in [-0.2, -0.15) is 0 Å². The van der Waals surface area contributed by atoms with Crippen molar-refractivity contribution < 1.29 is 5.11 Å². The second-order valence-electron chi connectivity index (χ2n) is 3.19. The largest absolute Gasteiger partial charge is 0.508 e. The Bertz CT molecular complexity index is 278. The van der Waals surface area contributed by atoms with E-state index in [0.29, 0.717) is 11.7 Å². The molecule has 1 aromatic carbocycles. The highest BCUT2D eigenvalue weighted by Crippen LogP contribution is 2.30. The Hall–Kier alpha value is -1.24. The molecule has 1 aromatic rings. The quantitative estimate of drug-likeness (QED) is 0.696. The molecule has 0 aliphatic rings. The lowest BCUT2D eigenvalue weighted by Gasteiger charge is -2.14. The highest BCUT2D eigenvalue weighted by atomic mass is 16.3. The summed E-state index contributed by atoms with van der Waals surface area (Å²) in [4.78, 5) is 0. The van der Waals surface area contributed by atoms with Crippen molar-refractivity contribution >= 4 is 0 Å². The molecular weight excluding hydrogens is 160 g/mol. The Kier molecular flexibility index (Phi) is 3.56. The van der Waals surface area contributed by atoms with Gasteiger partial charge in [-0.3, -0.25) is 0 Å². The molecule has 0 bridgehead atoms. The molecular formula is C12H16O. The summed E-state index contributed by atoms with van der Waals surface area (Å²) in [6.07, 6.45) is 3.86. The summed E-state index contributed by atoms with van der Waals surface area (Å²) in [5, 5.41) is 9.60. The summed E-state index contributed by atoms with van der Waals surface area (Å²) in [5.41, 5.74) is 1.03. The number of para-hydroxylation sites is 1. The van der Waals surface area contributed by atoms with Gasteiger partial charge in [-0.15, -0.1) is 6.58 Å². The van der Waals surface area contributed by atoms with Crippen molar-refractivity contribution in [2.75, 3.05) is 0 Å². The highest BCUT2D eigenvalue weighted by molar-refractivity contribution is 5.35. The highest BCUT2D eigenvalue weighted by Gasteiger charge is 2.10. The maximum Gasteiger partial charge on any atom is 0.119 e. The minimum absolute atomic E-state index is 0.399. The van der Waals surface area contributed by atoms with Crippen LogP contribution in [0.2, 0.25) is 0 Å². The third-order valence-corrected chi connectivity index (χ3v) is 2.32. The van der Waals surface area contributed by atoms with Gasteiger partial charge in [-0.25, -0.2) is 0 Å². The fraction of sp³-hybridized carbons (Fsp3) is 0.333. The smallest absolute Gasteiger partial charge is 0.119 e. The van der Waals surface area contributed by atoms with E-state index in [-0.39, 0.29) is 0 Å². The molecule has 1 N–H and O–H groups in total. The normalized spacial score (nSPS) is 12.4. The van der Waals surface area contributed by atoms with E-state index >= 15 is 0 Å². The summed E-state index contributed by atoms with van der Waals surface area (Å²) in [6, 6.07) is 7.52. The zero-order valence-corrected chi connectivity index (χ0v) is 8.03. The number of phenols is 1. The van der Waals surface area contributed by atoms with E-state index in [1.807, 2.05) is 24.3 Å². The molecule has 0 aliphatic heterocycles. The summed E-state index contributed by atoms with van der Waals surface area (Å²) in [7, 11) is 0. The number of phenolic OH excluding ortho intramolecular Hbond substituents is 1. The maximum atomic E-state index is 9.60. The number of hydrogen-bond acceptors (Lipinski definition) is 1. The van der Waals surface area contributed by atoms with Gasteiger partial charge in [0.2, 0.25) is 0 Å². The van der Waals surface area contributed by atoms with Gasteiger partial charge in [-0.1, -0.05) is 31.2 Å². The van der Waals surface area contributed by atoms with Crippen molar-refractivity contribution in [3.05, 3.63) is 42.5 Å². The van der Waals surface area contributed by atoms with E-state index in [9.17, 15) is 5.11 Å². The molecule has 1 rings (SSSR count). The lowest BCUT2D eigenvalue weighted by molar-refractivity contribution is 0.459. The topological polar surface area (TPSA) is 20.2 Å². The molecule has 0 aromatic heterocycles. The van der Waals surface area contributed by atoms with Gasteiger partial charge in [0.05, 0.1) is 0 Å². The van der Waals surface area contributed by atoms with Crippen LogP contribution in [0.4, 0.5) is 0 Å². The standard InChI is InChI=1S/C12H16O/c1-3-7-10(4-2)11-8-5-6-9-12(11)13/h3,5-6,8-10,13H,1,4,7H2,2H3. The SMILES string of the molecule is C=CCC(CC)c1ccccc1O. The van der Waals surface area contributed by atoms with Crippen LogP contribution in [-0.4, -0.2) is 5.11 Å². The van der Waals surface area contributed by atoms with Crippen LogP contribution in [0.5, 0.6) is 5.75 Å². The van der Waals surface area contributed by atoms with Crippen LogP contribution >= 0.6 is 0 Å². The molecule has 0 aliphatic carbocycles. The van der Waals surface area contributed by atoms with Crippen LogP contribution < -0.4 is 0 Å². The van der Waals surface area contributed by atoms with Gasteiger partial charge in [0, 0.05) is 0 Å². The van der Waals surface area contributed by atoms with E-state index in [2.05, 4.69) is 13.5 Å². The maximum absolute atomic E-state index is 9.60. The lowest BCUT2D eigenvalue weighted by Crippen LogP contribution is -1.95. The van der Waals surface area contributed by atoms with Gasteiger partial charge in [-0.05, 0) is 30.4 Å². The number of hydrogen-bond donors (Lipinski definition) is 1. The Morgan fingerprint density at radius 3 is 2.69 bits per heavy atom. The Morgan fingerprint density at radius 2 is 2.15 bits per heavy atom. The van der Waals surface area contributed by atoms with E-state index in [1.54, 1.807) is 6.07 Å².